The van der Waals surface area contributed by atoms with Crippen LogP contribution < -0.4 is 19.7 Å². The van der Waals surface area contributed by atoms with E-state index in [1.165, 1.54) is 0 Å². The maximum absolute atomic E-state index is 13.7. The topological polar surface area (TPSA) is 93.7 Å². The minimum absolute atomic E-state index is 0.0659. The number of amides is 2. The van der Waals surface area contributed by atoms with Gasteiger partial charge in [0.05, 0.1) is 19.3 Å². The molecule has 1 unspecified atom stereocenters. The highest BCUT2D eigenvalue weighted by atomic mass is 32.1. The molecule has 0 bridgehead atoms. The molecule has 3 aromatic carbocycles. The van der Waals surface area contributed by atoms with E-state index in [1.54, 1.807) is 36.3 Å². The second-order valence-corrected chi connectivity index (χ2v) is 8.63. The predicted octanol–water partition coefficient (Wildman–Crippen LogP) is 3.94. The summed E-state index contributed by atoms with van der Waals surface area (Å²) in [6, 6.07) is 24.1. The number of hydrogen-bond acceptors (Lipinski definition) is 7. The summed E-state index contributed by atoms with van der Waals surface area (Å²) in [5.74, 6) is 0.591. The molecule has 0 saturated heterocycles. The summed E-state index contributed by atoms with van der Waals surface area (Å²) in [6.07, 6.45) is -0.858. The first-order valence-electron chi connectivity index (χ1n) is 11.0. The van der Waals surface area contributed by atoms with Crippen LogP contribution in [-0.4, -0.2) is 41.2 Å². The van der Waals surface area contributed by atoms with E-state index >= 15 is 0 Å². The van der Waals surface area contributed by atoms with E-state index in [2.05, 4.69) is 14.9 Å². The summed E-state index contributed by atoms with van der Waals surface area (Å²) in [5.41, 5.74) is 2.81. The maximum Gasteiger partial charge on any atom is 0.272 e. The highest BCUT2D eigenvalue weighted by Gasteiger charge is 2.36. The number of anilines is 1. The van der Waals surface area contributed by atoms with E-state index in [-0.39, 0.29) is 18.4 Å². The summed E-state index contributed by atoms with van der Waals surface area (Å²) >= 11 is 1.02. The molecular formula is C26H22N4O4S. The number of hydrogen-bond donors (Lipinski definition) is 1. The Hall–Kier alpha value is -4.24. The molecule has 35 heavy (non-hydrogen) atoms. The van der Waals surface area contributed by atoms with Crippen molar-refractivity contribution in [2.24, 2.45) is 0 Å². The molecule has 176 valence electrons. The monoisotopic (exact) mass is 486 g/mol. The van der Waals surface area contributed by atoms with Gasteiger partial charge in [-0.25, -0.2) is 0 Å². The molecule has 1 aromatic heterocycles. The van der Waals surface area contributed by atoms with Crippen molar-refractivity contribution in [3.63, 3.8) is 0 Å². The first kappa shape index (κ1) is 22.5. The van der Waals surface area contributed by atoms with Gasteiger partial charge in [-0.1, -0.05) is 47.0 Å². The number of carbonyl (C=O) groups excluding carboxylic acids is 2. The summed E-state index contributed by atoms with van der Waals surface area (Å²) in [4.78, 5) is 28.7. The minimum Gasteiger partial charge on any atom is -0.497 e. The minimum atomic E-state index is -0.858. The van der Waals surface area contributed by atoms with Crippen LogP contribution in [0.4, 0.5) is 5.69 Å². The number of benzene rings is 3. The molecule has 5 rings (SSSR count). The molecular weight excluding hydrogens is 464 g/mol. The van der Waals surface area contributed by atoms with Gasteiger partial charge in [-0.3, -0.25) is 14.5 Å². The molecule has 1 aliphatic heterocycles. The highest BCUT2D eigenvalue weighted by molar-refractivity contribution is 7.08. The number of aromatic nitrogens is 2. The Labute approximate surface area is 206 Å². The number of ether oxygens (including phenoxy) is 2. The van der Waals surface area contributed by atoms with Crippen molar-refractivity contribution >= 4 is 29.0 Å². The molecule has 1 atom stereocenters. The van der Waals surface area contributed by atoms with Crippen LogP contribution in [0.5, 0.6) is 11.5 Å². The van der Waals surface area contributed by atoms with Crippen molar-refractivity contribution in [3.05, 3.63) is 89.3 Å². The number of carbonyl (C=O) groups is 2. The molecule has 8 nitrogen and oxygen atoms in total. The Balaban J connectivity index is 1.40. The molecule has 9 heteroatoms. The van der Waals surface area contributed by atoms with Crippen LogP contribution in [0, 0.1) is 0 Å². The summed E-state index contributed by atoms with van der Waals surface area (Å²) < 4.78 is 15.2. The zero-order chi connectivity index (χ0) is 24.2. The maximum atomic E-state index is 13.7. The fourth-order valence-corrected chi connectivity index (χ4v) is 4.49. The van der Waals surface area contributed by atoms with Crippen LogP contribution in [0.25, 0.3) is 11.3 Å². The summed E-state index contributed by atoms with van der Waals surface area (Å²) in [6.45, 7) is 0.436. The lowest BCUT2D eigenvalue weighted by Crippen LogP contribution is -2.50. The molecule has 2 heterocycles. The molecule has 1 N–H and O–H groups in total. The highest BCUT2D eigenvalue weighted by Crippen LogP contribution is 2.36. The van der Waals surface area contributed by atoms with E-state index in [0.717, 1.165) is 22.7 Å². The largest absolute Gasteiger partial charge is 0.497 e. The number of rotatable bonds is 6. The van der Waals surface area contributed by atoms with Gasteiger partial charge in [0.1, 0.15) is 22.1 Å². The van der Waals surface area contributed by atoms with Gasteiger partial charge in [0.2, 0.25) is 0 Å². The number of nitrogens with zero attached hydrogens (tertiary/aromatic N) is 3. The number of nitrogens with one attached hydrogen (secondary N) is 1. The Morgan fingerprint density at radius 2 is 1.80 bits per heavy atom. The van der Waals surface area contributed by atoms with E-state index in [1.807, 2.05) is 54.6 Å². The van der Waals surface area contributed by atoms with Crippen molar-refractivity contribution in [2.75, 3.05) is 18.6 Å². The fourth-order valence-electron chi connectivity index (χ4n) is 3.85. The third-order valence-electron chi connectivity index (χ3n) is 5.67. The molecule has 4 aromatic rings. The molecule has 0 spiro atoms. The molecule has 2 amide bonds. The van der Waals surface area contributed by atoms with Crippen LogP contribution in [0.15, 0.2) is 78.9 Å². The van der Waals surface area contributed by atoms with Crippen molar-refractivity contribution in [3.8, 4) is 22.8 Å². The van der Waals surface area contributed by atoms with E-state index in [9.17, 15) is 9.59 Å². The van der Waals surface area contributed by atoms with Gasteiger partial charge in [0.25, 0.3) is 11.8 Å². The van der Waals surface area contributed by atoms with Crippen LogP contribution in [0.2, 0.25) is 0 Å². The van der Waals surface area contributed by atoms with Crippen LogP contribution in [0.3, 0.4) is 0 Å². The van der Waals surface area contributed by atoms with Crippen LogP contribution >= 0.6 is 11.5 Å². The van der Waals surface area contributed by atoms with Crippen molar-refractivity contribution < 1.29 is 19.1 Å². The Morgan fingerprint density at radius 1 is 1.06 bits per heavy atom. The van der Waals surface area contributed by atoms with Gasteiger partial charge < -0.3 is 14.8 Å². The molecule has 1 aliphatic rings. The Bertz CT molecular complexity index is 1340. The fraction of sp³-hybridized carbons (Fsp3) is 0.154. The number of fused-ring (bicyclic) bond motifs is 1. The summed E-state index contributed by atoms with van der Waals surface area (Å²) in [5, 5.41) is 7.11. The molecule has 0 aliphatic carbocycles. The lowest BCUT2D eigenvalue weighted by Gasteiger charge is -2.34. The smallest absolute Gasteiger partial charge is 0.272 e. The van der Waals surface area contributed by atoms with E-state index in [4.69, 9.17) is 9.47 Å². The van der Waals surface area contributed by atoms with Crippen molar-refractivity contribution in [1.82, 2.24) is 14.9 Å². The van der Waals surface area contributed by atoms with E-state index < -0.39 is 6.10 Å². The van der Waals surface area contributed by atoms with Crippen LogP contribution in [0.1, 0.15) is 15.2 Å². The number of methoxy groups -OCH3 is 1. The second-order valence-electron chi connectivity index (χ2n) is 7.87. The lowest BCUT2D eigenvalue weighted by molar-refractivity contribution is -0.127. The molecule has 0 fully saturated rings. The molecule has 0 saturated carbocycles. The standard InChI is InChI=1S/C26H22N4O4S/c1-33-19-13-11-18(12-14-19)23-24(35-29-28-23)26(32)30-16-22(34-21-10-6-5-9-20(21)30)25(31)27-15-17-7-3-2-4-8-17/h2-14,22H,15-16H2,1H3,(H,27,31). The van der Waals surface area contributed by atoms with E-state index in [0.29, 0.717) is 34.3 Å². The van der Waals surface area contributed by atoms with Gasteiger partial charge >= 0.3 is 0 Å². The Kier molecular flexibility index (Phi) is 6.40. The van der Waals surface area contributed by atoms with Crippen molar-refractivity contribution in [2.45, 2.75) is 12.6 Å². The average Bonchev–Trinajstić information content (AvgIpc) is 3.41. The third-order valence-corrected chi connectivity index (χ3v) is 6.38. The Morgan fingerprint density at radius 3 is 2.57 bits per heavy atom. The van der Waals surface area contributed by atoms with Gasteiger partial charge in [0.15, 0.2) is 6.10 Å². The van der Waals surface area contributed by atoms with Gasteiger partial charge in [-0.15, -0.1) is 5.10 Å². The third kappa shape index (κ3) is 4.71. The van der Waals surface area contributed by atoms with Gasteiger partial charge in [-0.05, 0) is 53.5 Å². The normalized spacial score (nSPS) is 14.5. The lowest BCUT2D eigenvalue weighted by atomic mass is 10.1. The first-order chi connectivity index (χ1) is 17.1. The number of para-hydroxylation sites is 2. The zero-order valence-electron chi connectivity index (χ0n) is 18.9. The predicted molar refractivity (Wildman–Crippen MR) is 133 cm³/mol. The van der Waals surface area contributed by atoms with Crippen molar-refractivity contribution in [1.29, 1.82) is 0 Å². The SMILES string of the molecule is COc1ccc(-c2nnsc2C(=O)N2CC(C(=O)NCc3ccccc3)Oc3ccccc32)cc1. The molecule has 0 radical (unpaired) electrons. The average molecular weight is 487 g/mol. The summed E-state index contributed by atoms with van der Waals surface area (Å²) in [7, 11) is 1.59. The first-order valence-corrected chi connectivity index (χ1v) is 11.8. The van der Waals surface area contributed by atoms with Crippen LogP contribution in [-0.2, 0) is 11.3 Å². The quantitative estimate of drug-likeness (QED) is 0.444. The second kappa shape index (κ2) is 9.94. The zero-order valence-corrected chi connectivity index (χ0v) is 19.7. The van der Waals surface area contributed by atoms with Gasteiger partial charge in [0, 0.05) is 12.1 Å². The van der Waals surface area contributed by atoms with Gasteiger partial charge in [-0.2, -0.15) is 0 Å².